The minimum Gasteiger partial charge on any atom is -0.453 e. The molecule has 1 N–H and O–H groups in total. The Morgan fingerprint density at radius 1 is 1.03 bits per heavy atom. The summed E-state index contributed by atoms with van der Waals surface area (Å²) in [5.74, 6) is -0.920. The van der Waals surface area contributed by atoms with E-state index in [9.17, 15) is 27.2 Å². The van der Waals surface area contributed by atoms with Crippen molar-refractivity contribution in [1.29, 1.82) is 0 Å². The minimum atomic E-state index is -4.84. The molecule has 3 rings (SSSR count). The van der Waals surface area contributed by atoms with Gasteiger partial charge in [0.15, 0.2) is 0 Å². The first-order valence-electron chi connectivity index (χ1n) is 8.40. The molecule has 1 amide bonds. The van der Waals surface area contributed by atoms with Gasteiger partial charge in [0.2, 0.25) is 0 Å². The van der Waals surface area contributed by atoms with Crippen LogP contribution in [0.4, 0.5) is 28.0 Å². The van der Waals surface area contributed by atoms with Gasteiger partial charge in [-0.1, -0.05) is 12.1 Å². The smallest absolute Gasteiger partial charge is 0.453 e. The van der Waals surface area contributed by atoms with E-state index in [1.165, 1.54) is 47.2 Å². The van der Waals surface area contributed by atoms with Gasteiger partial charge >= 0.3 is 12.5 Å². The van der Waals surface area contributed by atoms with E-state index in [2.05, 4.69) is 14.8 Å². The second-order valence-corrected chi connectivity index (χ2v) is 5.97. The highest BCUT2D eigenvalue weighted by Crippen LogP contribution is 2.29. The van der Waals surface area contributed by atoms with Crippen LogP contribution in [0, 0.1) is 5.82 Å². The van der Waals surface area contributed by atoms with Crippen LogP contribution < -0.4 is 15.6 Å². The molecule has 1 aromatic heterocycles. The number of amides is 1. The number of methoxy groups -OCH3 is 1. The lowest BCUT2D eigenvalue weighted by atomic mass is 10.1. The van der Waals surface area contributed by atoms with Gasteiger partial charge in [-0.15, -0.1) is 13.2 Å². The molecule has 3 aromatic rings. The van der Waals surface area contributed by atoms with Gasteiger partial charge in [0.25, 0.3) is 5.56 Å². The second kappa shape index (κ2) is 8.27. The average Bonchev–Trinajstić information content (AvgIpc) is 2.68. The van der Waals surface area contributed by atoms with E-state index in [1.807, 2.05) is 0 Å². The third-order valence-corrected chi connectivity index (χ3v) is 3.98. The molecule has 0 saturated carbocycles. The van der Waals surface area contributed by atoms with Gasteiger partial charge in [0.05, 0.1) is 12.8 Å². The van der Waals surface area contributed by atoms with E-state index in [0.717, 1.165) is 25.3 Å². The molecule has 0 aliphatic carbocycles. The number of nitrogens with zero attached hydrogens (tertiary/aromatic N) is 1. The number of aromatic nitrogens is 1. The first kappa shape index (κ1) is 20.9. The number of hydrogen-bond acceptors (Lipinski definition) is 4. The topological polar surface area (TPSA) is 69.6 Å². The lowest BCUT2D eigenvalue weighted by Crippen LogP contribution is -2.21. The number of carbonyl (C=O) groups excluding carboxylic acids is 1. The molecule has 0 fully saturated rings. The van der Waals surface area contributed by atoms with E-state index < -0.39 is 29.6 Å². The van der Waals surface area contributed by atoms with Crippen LogP contribution in [0.15, 0.2) is 65.6 Å². The SMILES string of the molecule is COC(=O)Nc1cc(=O)n(-c2ccc(OC(F)(F)F)cc2)cc1-c1ccc(F)cc1. The van der Waals surface area contributed by atoms with Crippen molar-refractivity contribution in [3.63, 3.8) is 0 Å². The van der Waals surface area contributed by atoms with E-state index in [-0.39, 0.29) is 11.4 Å². The molecule has 2 aromatic carbocycles. The van der Waals surface area contributed by atoms with E-state index in [4.69, 9.17) is 0 Å². The Hall–Kier alpha value is -3.82. The van der Waals surface area contributed by atoms with Gasteiger partial charge in [0.1, 0.15) is 11.6 Å². The van der Waals surface area contributed by atoms with E-state index >= 15 is 0 Å². The molecule has 0 radical (unpaired) electrons. The molecule has 0 aliphatic heterocycles. The molecule has 156 valence electrons. The third kappa shape index (κ3) is 4.96. The number of hydrogen-bond donors (Lipinski definition) is 1. The van der Waals surface area contributed by atoms with Crippen molar-refractivity contribution in [1.82, 2.24) is 4.57 Å². The highest BCUT2D eigenvalue weighted by Gasteiger charge is 2.31. The van der Waals surface area contributed by atoms with Crippen LogP contribution >= 0.6 is 0 Å². The second-order valence-electron chi connectivity index (χ2n) is 5.97. The Morgan fingerprint density at radius 3 is 2.23 bits per heavy atom. The summed E-state index contributed by atoms with van der Waals surface area (Å²) >= 11 is 0. The van der Waals surface area contributed by atoms with Gasteiger partial charge in [-0.25, -0.2) is 9.18 Å². The largest absolute Gasteiger partial charge is 0.573 e. The van der Waals surface area contributed by atoms with Crippen LogP contribution in [0.2, 0.25) is 0 Å². The van der Waals surface area contributed by atoms with Gasteiger partial charge < -0.3 is 9.47 Å². The quantitative estimate of drug-likeness (QED) is 0.618. The highest BCUT2D eigenvalue weighted by atomic mass is 19.4. The molecule has 0 aliphatic rings. The summed E-state index contributed by atoms with van der Waals surface area (Å²) in [6.45, 7) is 0. The van der Waals surface area contributed by atoms with Crippen molar-refractivity contribution in [2.24, 2.45) is 0 Å². The average molecular weight is 422 g/mol. The number of anilines is 1. The van der Waals surface area contributed by atoms with Crippen molar-refractivity contribution in [3.8, 4) is 22.6 Å². The van der Waals surface area contributed by atoms with Crippen molar-refractivity contribution in [2.75, 3.05) is 12.4 Å². The maximum Gasteiger partial charge on any atom is 0.573 e. The molecule has 6 nitrogen and oxygen atoms in total. The van der Waals surface area contributed by atoms with Gasteiger partial charge in [0, 0.05) is 23.5 Å². The fourth-order valence-corrected chi connectivity index (χ4v) is 2.67. The molecule has 1 heterocycles. The zero-order valence-electron chi connectivity index (χ0n) is 15.4. The molecule has 0 spiro atoms. The van der Waals surface area contributed by atoms with Gasteiger partial charge in [-0.3, -0.25) is 14.7 Å². The Bertz CT molecular complexity index is 1110. The lowest BCUT2D eigenvalue weighted by Gasteiger charge is -2.15. The summed E-state index contributed by atoms with van der Waals surface area (Å²) in [4.78, 5) is 24.2. The Kier molecular flexibility index (Phi) is 5.77. The van der Waals surface area contributed by atoms with Gasteiger partial charge in [-0.2, -0.15) is 0 Å². The molecular weight excluding hydrogens is 408 g/mol. The molecule has 0 bridgehead atoms. The summed E-state index contributed by atoms with van der Waals surface area (Å²) in [5.41, 5.74) is 0.634. The molecule has 0 unspecified atom stereocenters. The first-order chi connectivity index (χ1) is 14.2. The number of ether oxygens (including phenoxy) is 2. The minimum absolute atomic E-state index is 0.117. The fraction of sp³-hybridized carbons (Fsp3) is 0.100. The Morgan fingerprint density at radius 2 is 1.67 bits per heavy atom. The predicted molar refractivity (Wildman–Crippen MR) is 100 cm³/mol. The highest BCUT2D eigenvalue weighted by molar-refractivity contribution is 5.91. The fourth-order valence-electron chi connectivity index (χ4n) is 2.67. The number of benzene rings is 2. The van der Waals surface area contributed by atoms with E-state index in [1.54, 1.807) is 0 Å². The standard InChI is InChI=1S/C20H14F4N2O4/c1-29-19(28)25-17-10-18(27)26(11-16(17)12-2-4-13(21)5-3-12)14-6-8-15(9-7-14)30-20(22,23)24/h2-11H,1H3,(H,25,28). The number of alkyl halides is 3. The molecule has 0 saturated heterocycles. The summed E-state index contributed by atoms with van der Waals surface area (Å²) < 4.78 is 59.8. The molecule has 10 heteroatoms. The van der Waals surface area contributed by atoms with Crippen LogP contribution in [0.25, 0.3) is 16.8 Å². The van der Waals surface area contributed by atoms with Crippen LogP contribution in [-0.2, 0) is 4.74 Å². The zero-order chi connectivity index (χ0) is 21.9. The van der Waals surface area contributed by atoms with Gasteiger partial charge in [-0.05, 0) is 42.0 Å². The lowest BCUT2D eigenvalue weighted by molar-refractivity contribution is -0.274. The molecule has 0 atom stereocenters. The maximum atomic E-state index is 13.3. The van der Waals surface area contributed by atoms with Crippen molar-refractivity contribution in [2.45, 2.75) is 6.36 Å². The number of nitrogens with one attached hydrogen (secondary N) is 1. The van der Waals surface area contributed by atoms with Crippen molar-refractivity contribution >= 4 is 11.8 Å². The van der Waals surface area contributed by atoms with Crippen LogP contribution in [0.1, 0.15) is 0 Å². The van der Waals surface area contributed by atoms with Crippen LogP contribution in [0.5, 0.6) is 5.75 Å². The summed E-state index contributed by atoms with van der Waals surface area (Å²) in [5, 5.41) is 2.41. The van der Waals surface area contributed by atoms with Crippen LogP contribution in [-0.4, -0.2) is 24.1 Å². The summed E-state index contributed by atoms with van der Waals surface area (Å²) in [7, 11) is 1.15. The predicted octanol–water partition coefficient (Wildman–Crippen LogP) is 4.72. The zero-order valence-corrected chi connectivity index (χ0v) is 15.4. The van der Waals surface area contributed by atoms with E-state index in [0.29, 0.717) is 11.1 Å². The maximum absolute atomic E-state index is 13.3. The van der Waals surface area contributed by atoms with Crippen LogP contribution in [0.3, 0.4) is 0 Å². The summed E-state index contributed by atoms with van der Waals surface area (Å²) in [6, 6.07) is 11.1. The Balaban J connectivity index is 2.07. The normalized spacial score (nSPS) is 11.1. The van der Waals surface area contributed by atoms with Crippen molar-refractivity contribution < 1.29 is 31.8 Å². The summed E-state index contributed by atoms with van der Waals surface area (Å²) in [6.07, 6.45) is -4.28. The third-order valence-electron chi connectivity index (χ3n) is 3.98. The number of carbonyl (C=O) groups is 1. The monoisotopic (exact) mass is 422 g/mol. The molecule has 30 heavy (non-hydrogen) atoms. The molecular formula is C20H14F4N2O4. The van der Waals surface area contributed by atoms with Crippen molar-refractivity contribution in [3.05, 3.63) is 77.0 Å². The number of pyridine rings is 1. The first-order valence-corrected chi connectivity index (χ1v) is 8.40. The number of rotatable bonds is 4. The Labute approximate surface area is 167 Å². The number of halogens is 4.